The lowest BCUT2D eigenvalue weighted by atomic mass is 10.1. The van der Waals surface area contributed by atoms with Crippen LogP contribution in [0.5, 0.6) is 0 Å². The second-order valence-electron chi connectivity index (χ2n) is 6.93. The summed E-state index contributed by atoms with van der Waals surface area (Å²) in [5, 5.41) is 8.94. The van der Waals surface area contributed by atoms with Crippen LogP contribution in [-0.4, -0.2) is 62.3 Å². The number of nitrogens with zero attached hydrogens (tertiary/aromatic N) is 2. The van der Waals surface area contributed by atoms with Crippen LogP contribution >= 0.6 is 11.3 Å². The molecule has 2 rings (SSSR count). The first-order valence-electron chi connectivity index (χ1n) is 9.51. The molecule has 1 aliphatic rings. The molecule has 2 N–H and O–H groups in total. The number of aliphatic imine (C=N–C) groups is 1. The molecule has 1 aliphatic heterocycles. The maximum absolute atomic E-state index is 5.79. The minimum absolute atomic E-state index is 0.342. The number of hydrogen-bond donors (Lipinski definition) is 2. The summed E-state index contributed by atoms with van der Waals surface area (Å²) in [4.78, 5) is 8.65. The minimum atomic E-state index is 0.342. The Balaban J connectivity index is 1.70. The summed E-state index contributed by atoms with van der Waals surface area (Å²) in [6.45, 7) is 14.5. The van der Waals surface area contributed by atoms with Crippen molar-refractivity contribution in [2.75, 3.05) is 39.3 Å². The van der Waals surface area contributed by atoms with Gasteiger partial charge in [0.2, 0.25) is 0 Å². The Labute approximate surface area is 156 Å². The Morgan fingerprint density at radius 1 is 1.36 bits per heavy atom. The van der Waals surface area contributed by atoms with Gasteiger partial charge in [-0.05, 0) is 38.6 Å². The summed E-state index contributed by atoms with van der Waals surface area (Å²) in [5.74, 6) is 1.39. The van der Waals surface area contributed by atoms with Crippen molar-refractivity contribution < 1.29 is 4.74 Å². The van der Waals surface area contributed by atoms with E-state index in [4.69, 9.17) is 9.73 Å². The summed E-state index contributed by atoms with van der Waals surface area (Å²) in [6, 6.07) is 4.30. The second kappa shape index (κ2) is 10.8. The predicted octanol–water partition coefficient (Wildman–Crippen LogP) is 2.91. The number of nitrogens with one attached hydrogen (secondary N) is 2. The van der Waals surface area contributed by atoms with E-state index in [0.29, 0.717) is 18.1 Å². The molecule has 5 nitrogen and oxygen atoms in total. The Bertz CT molecular complexity index is 496. The zero-order valence-corrected chi connectivity index (χ0v) is 16.9. The molecule has 25 heavy (non-hydrogen) atoms. The van der Waals surface area contributed by atoms with Crippen molar-refractivity contribution in [3.63, 3.8) is 0 Å². The van der Waals surface area contributed by atoms with Gasteiger partial charge in [0.25, 0.3) is 0 Å². The van der Waals surface area contributed by atoms with Gasteiger partial charge < -0.3 is 15.4 Å². The van der Waals surface area contributed by atoms with Gasteiger partial charge in [0.05, 0.1) is 18.8 Å². The molecule has 0 aliphatic carbocycles. The van der Waals surface area contributed by atoms with E-state index in [1.54, 1.807) is 0 Å². The molecule has 3 unspecified atom stereocenters. The first kappa shape index (κ1) is 20.2. The summed E-state index contributed by atoms with van der Waals surface area (Å²) in [6.07, 6.45) is 1.80. The van der Waals surface area contributed by atoms with Crippen molar-refractivity contribution in [2.24, 2.45) is 4.99 Å². The summed E-state index contributed by atoms with van der Waals surface area (Å²) in [5.41, 5.74) is 0. The van der Waals surface area contributed by atoms with Crippen LogP contribution < -0.4 is 10.6 Å². The molecule has 0 spiro atoms. The SMILES string of the molecule is CCNC(=NCC(C)c1cccs1)NCCCN1CC(C)OC(C)C1. The first-order chi connectivity index (χ1) is 12.1. The number of morpholine rings is 1. The number of ether oxygens (including phenoxy) is 1. The van der Waals surface area contributed by atoms with Crippen LogP contribution in [0.25, 0.3) is 0 Å². The molecule has 0 amide bonds. The van der Waals surface area contributed by atoms with Gasteiger partial charge in [-0.15, -0.1) is 11.3 Å². The van der Waals surface area contributed by atoms with Crippen LogP contribution in [0.3, 0.4) is 0 Å². The number of guanidine groups is 1. The third-order valence-corrected chi connectivity index (χ3v) is 5.44. The molecule has 1 aromatic rings. The van der Waals surface area contributed by atoms with Gasteiger partial charge >= 0.3 is 0 Å². The molecule has 142 valence electrons. The molecule has 1 fully saturated rings. The van der Waals surface area contributed by atoms with E-state index in [2.05, 4.69) is 60.7 Å². The highest BCUT2D eigenvalue weighted by atomic mass is 32.1. The zero-order valence-electron chi connectivity index (χ0n) is 16.1. The molecule has 0 radical (unpaired) electrons. The normalized spacial score (nSPS) is 23.4. The molecule has 6 heteroatoms. The molecule has 0 aromatic carbocycles. The predicted molar refractivity (Wildman–Crippen MR) is 108 cm³/mol. The fourth-order valence-electron chi connectivity index (χ4n) is 3.21. The Morgan fingerprint density at radius 2 is 2.12 bits per heavy atom. The lowest BCUT2D eigenvalue weighted by Gasteiger charge is -2.35. The standard InChI is InChI=1S/C19H34N4OS/c1-5-20-19(22-12-15(2)18-8-6-11-25-18)21-9-7-10-23-13-16(3)24-17(4)14-23/h6,8,11,15-17H,5,7,9-10,12-14H2,1-4H3,(H2,20,21,22). The zero-order chi connectivity index (χ0) is 18.1. The fraction of sp³-hybridized carbons (Fsp3) is 0.737. The quantitative estimate of drug-likeness (QED) is 0.422. The Morgan fingerprint density at radius 3 is 2.76 bits per heavy atom. The van der Waals surface area contributed by atoms with Gasteiger partial charge in [-0.3, -0.25) is 9.89 Å². The van der Waals surface area contributed by atoms with Crippen molar-refractivity contribution >= 4 is 17.3 Å². The molecule has 1 saturated heterocycles. The van der Waals surface area contributed by atoms with Gasteiger partial charge in [0, 0.05) is 43.5 Å². The van der Waals surface area contributed by atoms with E-state index >= 15 is 0 Å². The van der Waals surface area contributed by atoms with Gasteiger partial charge in [0.1, 0.15) is 0 Å². The summed E-state index contributed by atoms with van der Waals surface area (Å²) < 4.78 is 5.79. The van der Waals surface area contributed by atoms with E-state index in [0.717, 1.165) is 51.6 Å². The monoisotopic (exact) mass is 366 g/mol. The molecule has 3 atom stereocenters. The average Bonchev–Trinajstić information content (AvgIpc) is 3.10. The fourth-order valence-corrected chi connectivity index (χ4v) is 3.99. The maximum Gasteiger partial charge on any atom is 0.191 e. The Hall–Kier alpha value is -1.11. The third kappa shape index (κ3) is 7.34. The highest BCUT2D eigenvalue weighted by Gasteiger charge is 2.21. The van der Waals surface area contributed by atoms with E-state index in [-0.39, 0.29) is 0 Å². The molecule has 1 aromatic heterocycles. The van der Waals surface area contributed by atoms with Crippen LogP contribution in [0.15, 0.2) is 22.5 Å². The van der Waals surface area contributed by atoms with Gasteiger partial charge in [-0.2, -0.15) is 0 Å². The molecule has 0 bridgehead atoms. The molecule has 2 heterocycles. The average molecular weight is 367 g/mol. The van der Waals surface area contributed by atoms with Crippen LogP contribution in [0, 0.1) is 0 Å². The Kier molecular flexibility index (Phi) is 8.72. The van der Waals surface area contributed by atoms with Crippen molar-refractivity contribution in [1.82, 2.24) is 15.5 Å². The second-order valence-corrected chi connectivity index (χ2v) is 7.91. The molecular formula is C19H34N4OS. The minimum Gasteiger partial charge on any atom is -0.373 e. The highest BCUT2D eigenvalue weighted by Crippen LogP contribution is 2.20. The van der Waals surface area contributed by atoms with Gasteiger partial charge in [-0.1, -0.05) is 13.0 Å². The van der Waals surface area contributed by atoms with Gasteiger partial charge in [0.15, 0.2) is 5.96 Å². The van der Waals surface area contributed by atoms with Gasteiger partial charge in [-0.25, -0.2) is 0 Å². The number of hydrogen-bond acceptors (Lipinski definition) is 4. The third-order valence-electron chi connectivity index (χ3n) is 4.34. The highest BCUT2D eigenvalue weighted by molar-refractivity contribution is 7.10. The van der Waals surface area contributed by atoms with Crippen molar-refractivity contribution in [3.8, 4) is 0 Å². The lowest BCUT2D eigenvalue weighted by molar-refractivity contribution is -0.0679. The van der Waals surface area contributed by atoms with Crippen LogP contribution in [0.1, 0.15) is 44.9 Å². The topological polar surface area (TPSA) is 48.9 Å². The summed E-state index contributed by atoms with van der Waals surface area (Å²) >= 11 is 1.81. The van der Waals surface area contributed by atoms with E-state index in [1.807, 2.05) is 11.3 Å². The van der Waals surface area contributed by atoms with E-state index in [9.17, 15) is 0 Å². The smallest absolute Gasteiger partial charge is 0.191 e. The van der Waals surface area contributed by atoms with Crippen LogP contribution in [0.2, 0.25) is 0 Å². The van der Waals surface area contributed by atoms with Crippen molar-refractivity contribution in [3.05, 3.63) is 22.4 Å². The first-order valence-corrected chi connectivity index (χ1v) is 10.4. The summed E-state index contributed by atoms with van der Waals surface area (Å²) in [7, 11) is 0. The van der Waals surface area contributed by atoms with Crippen LogP contribution in [-0.2, 0) is 4.74 Å². The van der Waals surface area contributed by atoms with Crippen molar-refractivity contribution in [2.45, 2.75) is 52.2 Å². The van der Waals surface area contributed by atoms with E-state index < -0.39 is 0 Å². The largest absolute Gasteiger partial charge is 0.373 e. The number of rotatable bonds is 8. The lowest BCUT2D eigenvalue weighted by Crippen LogP contribution is -2.46. The molecule has 0 saturated carbocycles. The van der Waals surface area contributed by atoms with Crippen molar-refractivity contribution in [1.29, 1.82) is 0 Å². The van der Waals surface area contributed by atoms with Crippen LogP contribution in [0.4, 0.5) is 0 Å². The maximum atomic E-state index is 5.79. The number of thiophene rings is 1. The molecular weight excluding hydrogens is 332 g/mol. The van der Waals surface area contributed by atoms with E-state index in [1.165, 1.54) is 4.88 Å².